The SMILES string of the molecule is C[C@@H](C(=O)N[C@H](C(=O)N1CCC[C@H]1C(=O)Nc1sc(N)nc1-c1ccccc1)C1CCCCC1)N(C)C(=O)OC(C)(C)C.C[C@@H](C(=O)N[C@H](C(=O)N1CCC[C@H]1C(=O)Nc1sc(NC(=O)OCC2c3ccccc3-c3ccccc32)nc1-c1ccccc1)C1CCCCC1)N(C)C(=O)OC(C)(C)C. The van der Waals surface area contributed by atoms with Gasteiger partial charge < -0.3 is 51.0 Å². The van der Waals surface area contributed by atoms with Crippen molar-refractivity contribution >= 4 is 96.7 Å². The number of nitrogen functional groups attached to an aromatic ring is 1. The van der Waals surface area contributed by atoms with Crippen LogP contribution in [0.1, 0.15) is 162 Å². The number of nitrogens with two attached hydrogens (primary N) is 1. The third-order valence-corrected chi connectivity index (χ3v) is 21.4. The number of likely N-dealkylation sites (N-methyl/N-ethyl adjacent to an activating group) is 2. The predicted octanol–water partition coefficient (Wildman–Crippen LogP) is 13.1. The molecule has 103 heavy (non-hydrogen) atoms. The lowest BCUT2D eigenvalue weighted by Crippen LogP contribution is -2.58. The molecule has 24 nitrogen and oxygen atoms in total. The van der Waals surface area contributed by atoms with Crippen LogP contribution < -0.4 is 32.3 Å². The first-order chi connectivity index (χ1) is 49.1. The molecule has 6 atom stereocenters. The molecule has 5 aliphatic rings. The van der Waals surface area contributed by atoms with E-state index >= 15 is 0 Å². The van der Waals surface area contributed by atoms with E-state index in [4.69, 9.17) is 24.9 Å². The monoisotopic (exact) mass is 1450 g/mol. The van der Waals surface area contributed by atoms with E-state index in [1.807, 2.05) is 84.9 Å². The van der Waals surface area contributed by atoms with Crippen molar-refractivity contribution in [1.29, 1.82) is 0 Å². The van der Waals surface area contributed by atoms with Gasteiger partial charge in [-0.3, -0.25) is 43.9 Å². The Kier molecular flexibility index (Phi) is 25.0. The first-order valence-electron chi connectivity index (χ1n) is 35.9. The molecule has 3 aliphatic carbocycles. The van der Waals surface area contributed by atoms with Gasteiger partial charge in [0.2, 0.25) is 35.4 Å². The molecule has 6 aromatic rings. The van der Waals surface area contributed by atoms with Crippen LogP contribution in [-0.2, 0) is 43.0 Å². The van der Waals surface area contributed by atoms with Gasteiger partial charge in [-0.2, -0.15) is 0 Å². The summed E-state index contributed by atoms with van der Waals surface area (Å²) in [5.74, 6) is -2.47. The molecule has 2 aromatic heterocycles. The largest absolute Gasteiger partial charge is 0.448 e. The highest BCUT2D eigenvalue weighted by Gasteiger charge is 2.45. The minimum absolute atomic E-state index is 0.0560. The van der Waals surface area contributed by atoms with Gasteiger partial charge in [0, 0.05) is 44.2 Å². The predicted molar refractivity (Wildman–Crippen MR) is 399 cm³/mol. The fourth-order valence-electron chi connectivity index (χ4n) is 14.1. The second-order valence-corrected chi connectivity index (χ2v) is 31.3. The van der Waals surface area contributed by atoms with Crippen LogP contribution in [0.15, 0.2) is 109 Å². The Morgan fingerprint density at radius 2 is 0.922 bits per heavy atom. The summed E-state index contributed by atoms with van der Waals surface area (Å²) in [6.45, 7) is 14.7. The van der Waals surface area contributed by atoms with Gasteiger partial charge in [-0.25, -0.2) is 24.4 Å². The second-order valence-electron chi connectivity index (χ2n) is 29.3. The molecule has 4 aromatic carbocycles. The Bertz CT molecular complexity index is 3970. The molecule has 9 amide bonds. The summed E-state index contributed by atoms with van der Waals surface area (Å²) >= 11 is 2.29. The lowest BCUT2D eigenvalue weighted by molar-refractivity contribution is -0.142. The topological polar surface area (TPSA) is 306 Å². The summed E-state index contributed by atoms with van der Waals surface area (Å²) in [7, 11) is 3.00. The number of thiazole rings is 2. The standard InChI is InChI=1S/C46H54N6O7S.C31H44N6O5S/c1-28(51(5)45(57)59-46(2,3)4)39(53)47-38(30-19-10-7-11-20-30)42(55)52-26-16-25-36(52)40(54)49-41-37(29-17-8-6-9-18-29)48-43(60-41)50-44(56)58-27-35-33-23-14-12-21-31(33)32-22-13-15-24-34(32)35;1-19(36(5)30(41)42-31(2,3)4)25(38)33-24(21-15-10-7-11-16-21)28(40)37-18-12-17-22(37)26(39)35-27-23(34-29(32)43-27)20-13-8-6-9-14-20/h6,8-9,12-15,17-18,21-24,28,30,35-36,38H,7,10-11,16,19-20,25-27H2,1-5H3,(H,47,53)(H,49,54)(H,48,50,56);6,8-9,13-14,19,21-22,24H,7,10-12,15-18H2,1-5H3,(H2,32,34)(H,33,38)(H,35,39)/t28-,36-,38-;19-,22-,24-/m00/s1. The molecule has 0 bridgehead atoms. The molecule has 2 saturated heterocycles. The van der Waals surface area contributed by atoms with Gasteiger partial charge in [0.15, 0.2) is 10.3 Å². The van der Waals surface area contributed by atoms with E-state index in [9.17, 15) is 43.2 Å². The molecule has 4 fully saturated rings. The van der Waals surface area contributed by atoms with Crippen molar-refractivity contribution in [2.45, 2.75) is 199 Å². The molecule has 2 saturated carbocycles. The fourth-order valence-corrected chi connectivity index (χ4v) is 15.8. The van der Waals surface area contributed by atoms with Gasteiger partial charge in [-0.1, -0.05) is 170 Å². The maximum atomic E-state index is 14.5. The van der Waals surface area contributed by atoms with E-state index in [1.54, 1.807) is 65.2 Å². The van der Waals surface area contributed by atoms with Crippen LogP contribution in [0.4, 0.5) is 34.6 Å². The van der Waals surface area contributed by atoms with Crippen LogP contribution in [0, 0.1) is 11.8 Å². The molecule has 4 heterocycles. The summed E-state index contributed by atoms with van der Waals surface area (Å²) in [4.78, 5) is 137. The summed E-state index contributed by atoms with van der Waals surface area (Å²) in [5.41, 5.74) is 11.6. The minimum Gasteiger partial charge on any atom is -0.448 e. The Hall–Kier alpha value is -9.43. The summed E-state index contributed by atoms with van der Waals surface area (Å²) in [6.07, 6.45) is 9.36. The van der Waals surface area contributed by atoms with Crippen molar-refractivity contribution in [2.75, 3.05) is 55.5 Å². The second kappa shape index (κ2) is 33.8. The Morgan fingerprint density at radius 1 is 0.524 bits per heavy atom. The quantitative estimate of drug-likeness (QED) is 0.0411. The first-order valence-corrected chi connectivity index (χ1v) is 37.5. The van der Waals surface area contributed by atoms with Crippen molar-refractivity contribution < 1.29 is 57.4 Å². The van der Waals surface area contributed by atoms with Crippen LogP contribution >= 0.6 is 22.7 Å². The Morgan fingerprint density at radius 3 is 1.35 bits per heavy atom. The summed E-state index contributed by atoms with van der Waals surface area (Å²) < 4.78 is 16.7. The smallest absolute Gasteiger partial charge is 0.413 e. The number of hydrogen-bond donors (Lipinski definition) is 6. The van der Waals surface area contributed by atoms with Crippen molar-refractivity contribution in [3.63, 3.8) is 0 Å². The van der Waals surface area contributed by atoms with Crippen molar-refractivity contribution in [3.05, 3.63) is 120 Å². The summed E-state index contributed by atoms with van der Waals surface area (Å²) in [6, 6.07) is 30.1. The van der Waals surface area contributed by atoms with E-state index < -0.39 is 77.5 Å². The van der Waals surface area contributed by atoms with Crippen LogP contribution in [0.25, 0.3) is 33.6 Å². The van der Waals surface area contributed by atoms with Gasteiger partial charge in [0.25, 0.3) is 0 Å². The molecule has 7 N–H and O–H groups in total. The molecular weight excluding hydrogens is 1350 g/mol. The van der Waals surface area contributed by atoms with Gasteiger partial charge >= 0.3 is 18.3 Å². The number of nitrogens with zero attached hydrogens (tertiary/aromatic N) is 6. The number of ether oxygens (including phenoxy) is 3. The lowest BCUT2D eigenvalue weighted by atomic mass is 9.83. The number of amides is 9. The normalized spacial score (nSPS) is 18.1. The average molecular weight is 1450 g/mol. The minimum atomic E-state index is -0.907. The van der Waals surface area contributed by atoms with Gasteiger partial charge in [-0.05, 0) is 141 Å². The third kappa shape index (κ3) is 19.1. The van der Waals surface area contributed by atoms with Gasteiger partial charge in [-0.15, -0.1) is 0 Å². The number of rotatable bonds is 19. The first kappa shape index (κ1) is 76.2. The Labute approximate surface area is 610 Å². The number of nitrogens with one attached hydrogen (secondary N) is 5. The number of fused-ring (bicyclic) bond motifs is 3. The molecule has 550 valence electrons. The van der Waals surface area contributed by atoms with Crippen LogP contribution in [0.3, 0.4) is 0 Å². The van der Waals surface area contributed by atoms with E-state index in [2.05, 4.69) is 55.8 Å². The highest BCUT2D eigenvalue weighted by Crippen LogP contribution is 2.45. The number of benzene rings is 4. The van der Waals surface area contributed by atoms with Crippen LogP contribution in [0.5, 0.6) is 0 Å². The molecular formula is C77H98N12O12S2. The zero-order valence-corrected chi connectivity index (χ0v) is 62.2. The van der Waals surface area contributed by atoms with Crippen molar-refractivity contribution in [1.82, 2.24) is 40.2 Å². The third-order valence-electron chi connectivity index (χ3n) is 19.7. The van der Waals surface area contributed by atoms with E-state index in [1.165, 1.54) is 35.2 Å². The van der Waals surface area contributed by atoms with Gasteiger partial charge in [0.1, 0.15) is 75.5 Å². The number of carbonyl (C=O) groups excluding carboxylic acids is 9. The molecule has 11 rings (SSSR count). The fraction of sp³-hybridized carbons (Fsp3) is 0.494. The zero-order chi connectivity index (χ0) is 73.9. The molecule has 0 radical (unpaired) electrons. The average Bonchev–Trinajstić information content (AvgIpc) is 1.62. The van der Waals surface area contributed by atoms with E-state index in [0.29, 0.717) is 65.3 Å². The molecule has 0 unspecified atom stereocenters. The number of hydrogen-bond acceptors (Lipinski definition) is 17. The van der Waals surface area contributed by atoms with E-state index in [0.717, 1.165) is 109 Å². The van der Waals surface area contributed by atoms with Gasteiger partial charge in [0.05, 0.1) is 0 Å². The highest BCUT2D eigenvalue weighted by molar-refractivity contribution is 7.20. The van der Waals surface area contributed by atoms with Crippen molar-refractivity contribution in [2.24, 2.45) is 11.8 Å². The number of aromatic nitrogens is 2. The highest BCUT2D eigenvalue weighted by atomic mass is 32.1. The lowest BCUT2D eigenvalue weighted by Gasteiger charge is -2.36. The number of anilines is 4. The molecule has 26 heteroatoms. The molecule has 0 spiro atoms. The van der Waals surface area contributed by atoms with Crippen molar-refractivity contribution in [3.8, 4) is 33.6 Å². The summed E-state index contributed by atoms with van der Waals surface area (Å²) in [5, 5.41) is 16.3. The number of likely N-dealkylation sites (tertiary alicyclic amines) is 2. The number of carbonyl (C=O) groups is 9. The van der Waals surface area contributed by atoms with E-state index in [-0.39, 0.29) is 53.1 Å². The maximum Gasteiger partial charge on any atom is 0.413 e. The zero-order valence-electron chi connectivity index (χ0n) is 60.6. The maximum absolute atomic E-state index is 14.5. The Balaban J connectivity index is 0.000000234. The van der Waals surface area contributed by atoms with Crippen LogP contribution in [-0.4, -0.2) is 165 Å². The van der Waals surface area contributed by atoms with Crippen LogP contribution in [0.2, 0.25) is 0 Å². The molecule has 2 aliphatic heterocycles.